The molecule has 0 aliphatic heterocycles. The lowest BCUT2D eigenvalue weighted by atomic mass is 9.96. The van der Waals surface area contributed by atoms with E-state index in [1.807, 2.05) is 6.07 Å². The van der Waals surface area contributed by atoms with Crippen LogP contribution in [0.15, 0.2) is 247 Å². The van der Waals surface area contributed by atoms with Gasteiger partial charge >= 0.3 is 0 Å². The molecule has 3 heteroatoms. The molecule has 0 amide bonds. The maximum absolute atomic E-state index is 6.46. The first kappa shape index (κ1) is 36.5. The summed E-state index contributed by atoms with van der Waals surface area (Å²) in [5.41, 5.74) is 17.8. The van der Waals surface area contributed by atoms with Crippen LogP contribution >= 0.6 is 0 Å². The summed E-state index contributed by atoms with van der Waals surface area (Å²) in [6.45, 7) is 0. The normalized spacial score (nSPS) is 11.5. The van der Waals surface area contributed by atoms with Crippen molar-refractivity contribution in [3.63, 3.8) is 0 Å². The lowest BCUT2D eigenvalue weighted by Crippen LogP contribution is -2.10. The van der Waals surface area contributed by atoms with Crippen molar-refractivity contribution in [2.24, 2.45) is 0 Å². The third kappa shape index (κ3) is 6.38. The fraction of sp³-hybridized carbons (Fsp3) is 0. The standard InChI is InChI=1S/C60H40N2O/c1-4-16-41(17-5-1)46-38-47(42-18-6-2-7-19-42)40-50(39-46)61(56-27-15-29-58-60(56)53-23-11-13-28-57(53)63-58)49-36-34-44(35-37-49)43-30-32-45(33-31-43)51-24-14-26-55-59(51)52-22-10-12-25-54(52)62(55)48-20-8-3-9-21-48/h1-40H. The Morgan fingerprint density at radius 3 is 1.54 bits per heavy atom. The van der Waals surface area contributed by atoms with Crippen LogP contribution in [0.25, 0.3) is 93.9 Å². The molecule has 0 fully saturated rings. The quantitative estimate of drug-likeness (QED) is 0.153. The van der Waals surface area contributed by atoms with E-state index in [0.29, 0.717) is 0 Å². The molecule has 0 saturated heterocycles. The summed E-state index contributed by atoms with van der Waals surface area (Å²) in [5, 5.41) is 4.69. The Morgan fingerprint density at radius 2 is 0.841 bits per heavy atom. The number of anilines is 3. The molecule has 0 spiro atoms. The van der Waals surface area contributed by atoms with Gasteiger partial charge in [0.2, 0.25) is 0 Å². The molecular formula is C60H40N2O. The Kier molecular flexibility index (Phi) is 8.83. The van der Waals surface area contributed by atoms with Crippen molar-refractivity contribution in [3.05, 3.63) is 243 Å². The summed E-state index contributed by atoms with van der Waals surface area (Å²) in [6, 6.07) is 87.1. The molecule has 2 heterocycles. The number of nitrogens with zero attached hydrogens (tertiary/aromatic N) is 2. The Balaban J connectivity index is 0.975. The molecule has 12 aromatic rings. The summed E-state index contributed by atoms with van der Waals surface area (Å²) in [5.74, 6) is 0. The number of benzene rings is 10. The van der Waals surface area contributed by atoms with Crippen molar-refractivity contribution in [1.29, 1.82) is 0 Å². The average molecular weight is 805 g/mol. The minimum atomic E-state index is 0.859. The predicted octanol–water partition coefficient (Wildman–Crippen LogP) is 16.8. The van der Waals surface area contributed by atoms with Crippen molar-refractivity contribution in [1.82, 2.24) is 4.57 Å². The van der Waals surface area contributed by atoms with Crippen LogP contribution in [0.2, 0.25) is 0 Å². The van der Waals surface area contributed by atoms with Crippen LogP contribution in [-0.4, -0.2) is 4.57 Å². The van der Waals surface area contributed by atoms with E-state index in [1.54, 1.807) is 0 Å². The molecule has 3 nitrogen and oxygen atoms in total. The molecular weight excluding hydrogens is 765 g/mol. The van der Waals surface area contributed by atoms with Crippen LogP contribution in [-0.2, 0) is 0 Å². The van der Waals surface area contributed by atoms with Gasteiger partial charge in [-0.15, -0.1) is 0 Å². The number of para-hydroxylation sites is 3. The van der Waals surface area contributed by atoms with E-state index in [2.05, 4.69) is 246 Å². The topological polar surface area (TPSA) is 21.3 Å². The smallest absolute Gasteiger partial charge is 0.137 e. The van der Waals surface area contributed by atoms with Gasteiger partial charge in [0.15, 0.2) is 0 Å². The van der Waals surface area contributed by atoms with Gasteiger partial charge in [-0.1, -0.05) is 170 Å². The summed E-state index contributed by atoms with van der Waals surface area (Å²) in [6.07, 6.45) is 0. The zero-order chi connectivity index (χ0) is 41.7. The van der Waals surface area contributed by atoms with E-state index in [4.69, 9.17) is 4.42 Å². The number of rotatable bonds is 8. The van der Waals surface area contributed by atoms with Gasteiger partial charge in [0.25, 0.3) is 0 Å². The van der Waals surface area contributed by atoms with Crippen LogP contribution in [0.4, 0.5) is 17.1 Å². The first-order chi connectivity index (χ1) is 31.2. The van der Waals surface area contributed by atoms with E-state index >= 15 is 0 Å². The first-order valence-corrected chi connectivity index (χ1v) is 21.5. The summed E-state index contributed by atoms with van der Waals surface area (Å²) in [4.78, 5) is 2.39. The van der Waals surface area contributed by atoms with Crippen LogP contribution < -0.4 is 4.90 Å². The molecule has 296 valence electrons. The highest BCUT2D eigenvalue weighted by Gasteiger charge is 2.21. The van der Waals surface area contributed by atoms with Gasteiger partial charge in [0.1, 0.15) is 11.2 Å². The molecule has 0 bridgehead atoms. The molecule has 0 unspecified atom stereocenters. The maximum atomic E-state index is 6.46. The molecule has 0 aliphatic rings. The maximum Gasteiger partial charge on any atom is 0.137 e. The van der Waals surface area contributed by atoms with Crippen LogP contribution in [0.3, 0.4) is 0 Å². The van der Waals surface area contributed by atoms with E-state index in [1.165, 1.54) is 44.1 Å². The summed E-state index contributed by atoms with van der Waals surface area (Å²) >= 11 is 0. The van der Waals surface area contributed by atoms with Gasteiger partial charge in [-0.2, -0.15) is 0 Å². The third-order valence-electron chi connectivity index (χ3n) is 12.4. The van der Waals surface area contributed by atoms with E-state index in [9.17, 15) is 0 Å². The highest BCUT2D eigenvalue weighted by atomic mass is 16.3. The molecule has 12 rings (SSSR count). The van der Waals surface area contributed by atoms with Crippen LogP contribution in [0, 0.1) is 0 Å². The van der Waals surface area contributed by atoms with E-state index in [0.717, 1.165) is 66.9 Å². The zero-order valence-electron chi connectivity index (χ0n) is 34.4. The molecule has 63 heavy (non-hydrogen) atoms. The lowest BCUT2D eigenvalue weighted by Gasteiger charge is -2.28. The zero-order valence-corrected chi connectivity index (χ0v) is 34.4. The SMILES string of the molecule is c1ccc(-c2cc(-c3ccccc3)cc(N(c3ccc(-c4ccc(-c5cccc6c5c5ccccc5n6-c5ccccc5)cc4)cc3)c3cccc4oc5ccccc5c34)c2)cc1. The number of hydrogen-bond donors (Lipinski definition) is 0. The molecule has 0 radical (unpaired) electrons. The largest absolute Gasteiger partial charge is 0.456 e. The molecule has 0 N–H and O–H groups in total. The molecule has 10 aromatic carbocycles. The van der Waals surface area contributed by atoms with Gasteiger partial charge in [0, 0.05) is 33.2 Å². The average Bonchev–Trinajstić information content (AvgIpc) is 3.92. The predicted molar refractivity (Wildman–Crippen MR) is 264 cm³/mol. The van der Waals surface area contributed by atoms with Crippen molar-refractivity contribution in [2.45, 2.75) is 0 Å². The Labute approximate surface area is 366 Å². The van der Waals surface area contributed by atoms with Crippen molar-refractivity contribution < 1.29 is 4.42 Å². The van der Waals surface area contributed by atoms with Crippen molar-refractivity contribution >= 4 is 60.8 Å². The molecule has 0 saturated carbocycles. The molecule has 0 aliphatic carbocycles. The second kappa shape index (κ2) is 15.3. The Bertz CT molecular complexity index is 3530. The van der Waals surface area contributed by atoms with Crippen molar-refractivity contribution in [3.8, 4) is 50.2 Å². The highest BCUT2D eigenvalue weighted by Crippen LogP contribution is 2.46. The summed E-state index contributed by atoms with van der Waals surface area (Å²) in [7, 11) is 0. The van der Waals surface area contributed by atoms with Gasteiger partial charge in [0.05, 0.1) is 22.1 Å². The molecule has 0 atom stereocenters. The van der Waals surface area contributed by atoms with Gasteiger partial charge in [-0.25, -0.2) is 0 Å². The third-order valence-corrected chi connectivity index (χ3v) is 12.4. The fourth-order valence-electron chi connectivity index (χ4n) is 9.46. The summed E-state index contributed by atoms with van der Waals surface area (Å²) < 4.78 is 8.84. The second-order valence-electron chi connectivity index (χ2n) is 16.1. The van der Waals surface area contributed by atoms with Crippen LogP contribution in [0.1, 0.15) is 0 Å². The molecule has 2 aromatic heterocycles. The van der Waals surface area contributed by atoms with E-state index < -0.39 is 0 Å². The van der Waals surface area contributed by atoms with Gasteiger partial charge < -0.3 is 13.9 Å². The minimum Gasteiger partial charge on any atom is -0.456 e. The van der Waals surface area contributed by atoms with Crippen molar-refractivity contribution in [2.75, 3.05) is 4.90 Å². The van der Waals surface area contributed by atoms with E-state index in [-0.39, 0.29) is 0 Å². The van der Waals surface area contributed by atoms with Crippen LogP contribution in [0.5, 0.6) is 0 Å². The lowest BCUT2D eigenvalue weighted by molar-refractivity contribution is 0.669. The monoisotopic (exact) mass is 804 g/mol. The number of furan rings is 1. The highest BCUT2D eigenvalue weighted by molar-refractivity contribution is 6.16. The Hall–Kier alpha value is -8.40. The first-order valence-electron chi connectivity index (χ1n) is 21.5. The fourth-order valence-corrected chi connectivity index (χ4v) is 9.46. The van der Waals surface area contributed by atoms with Gasteiger partial charge in [-0.05, 0) is 117 Å². The number of hydrogen-bond acceptors (Lipinski definition) is 2. The number of aromatic nitrogens is 1. The second-order valence-corrected chi connectivity index (χ2v) is 16.1. The minimum absolute atomic E-state index is 0.859. The Morgan fingerprint density at radius 1 is 0.317 bits per heavy atom. The van der Waals surface area contributed by atoms with Gasteiger partial charge in [-0.3, -0.25) is 0 Å². The number of fused-ring (bicyclic) bond motifs is 6.